The van der Waals surface area contributed by atoms with Gasteiger partial charge in [0.05, 0.1) is 59.2 Å². The van der Waals surface area contributed by atoms with Crippen LogP contribution < -0.4 is 45.6 Å². The fourth-order valence-electron chi connectivity index (χ4n) is 16.9. The molecule has 0 unspecified atom stereocenters. The lowest BCUT2D eigenvalue weighted by atomic mass is 9.81. The Morgan fingerprint density at radius 3 is 2.03 bits per heavy atom. The molecule has 8 atom stereocenters. The monoisotopic (exact) mass is 1780 g/mol. The zero-order chi connectivity index (χ0) is 93.0. The predicted octanol–water partition coefficient (Wildman–Crippen LogP) is 15.8. The van der Waals surface area contributed by atoms with Crippen molar-refractivity contribution in [1.82, 2.24) is 34.0 Å². The predicted molar refractivity (Wildman–Crippen MR) is 494 cm³/mol. The molecule has 1 amide bonds. The van der Waals surface area contributed by atoms with Crippen LogP contribution in [0.15, 0.2) is 142 Å². The van der Waals surface area contributed by atoms with Gasteiger partial charge in [0, 0.05) is 74.8 Å². The summed E-state index contributed by atoms with van der Waals surface area (Å²) < 4.78 is 35.0. The summed E-state index contributed by atoms with van der Waals surface area (Å²) in [5, 5.41) is 87.5. The van der Waals surface area contributed by atoms with Crippen molar-refractivity contribution >= 4 is 84.8 Å². The first-order valence-electron chi connectivity index (χ1n) is 43.0. The second-order valence-electron chi connectivity index (χ2n) is 34.3. The number of aryl methyl sites for hydroxylation is 4. The van der Waals surface area contributed by atoms with Gasteiger partial charge in [0.25, 0.3) is 5.56 Å². The summed E-state index contributed by atoms with van der Waals surface area (Å²) in [6.45, 7) is 28.5. The van der Waals surface area contributed by atoms with Crippen LogP contribution in [0.2, 0.25) is 10.0 Å². The lowest BCUT2D eigenvalue weighted by molar-refractivity contribution is -0.247. The third-order valence-corrected chi connectivity index (χ3v) is 24.5. The number of aromatic hydroxyl groups is 3. The van der Waals surface area contributed by atoms with Crippen molar-refractivity contribution in [2.45, 2.75) is 209 Å². The zero-order valence-electron chi connectivity index (χ0n) is 75.8. The number of benzene rings is 7. The van der Waals surface area contributed by atoms with Gasteiger partial charge in [-0.2, -0.15) is 4.73 Å². The molecular formula is C98H122Cl2N8O19. The van der Waals surface area contributed by atoms with E-state index in [1.165, 1.54) is 108 Å². The number of anilines is 1. The number of rotatable bonds is 11. The number of carbonyl (C=O) groups excluding carboxylic acids is 3. The minimum Gasteiger partial charge on any atom is -0.507 e. The van der Waals surface area contributed by atoms with E-state index in [0.717, 1.165) is 104 Å². The van der Waals surface area contributed by atoms with Crippen molar-refractivity contribution in [1.29, 1.82) is 0 Å². The van der Waals surface area contributed by atoms with Gasteiger partial charge in [-0.25, -0.2) is 14.8 Å². The number of phenolic OH excluding ortho intramolecular Hbond substituents is 3. The number of amides is 1. The number of nitrogens with zero attached hydrogens (tertiary/aromatic N) is 6. The minimum absolute atomic E-state index is 0.0187. The van der Waals surface area contributed by atoms with E-state index in [9.17, 15) is 64.9 Å². The highest BCUT2D eigenvalue weighted by molar-refractivity contribution is 6.39. The van der Waals surface area contributed by atoms with Crippen LogP contribution in [0.4, 0.5) is 5.69 Å². The Morgan fingerprint density at radius 1 is 0.740 bits per heavy atom. The van der Waals surface area contributed by atoms with Gasteiger partial charge in [0.1, 0.15) is 58.4 Å². The van der Waals surface area contributed by atoms with Crippen LogP contribution in [0.25, 0.3) is 38.4 Å². The number of aliphatic hydroxyl groups is 4. The second-order valence-corrected chi connectivity index (χ2v) is 35.1. The smallest absolute Gasteiger partial charge is 0.332 e. The summed E-state index contributed by atoms with van der Waals surface area (Å²) in [4.78, 5) is 67.9. The number of pyridine rings is 1. The number of ether oxygens (including phenoxy) is 6. The number of carbonyl (C=O) groups is 3. The molecule has 0 saturated carbocycles. The number of imidazole rings is 1. The number of fused-ring (bicyclic) bond motifs is 8. The fraction of sp³-hybridized carbons (Fsp3) is 0.439. The van der Waals surface area contributed by atoms with Crippen LogP contribution in [0.1, 0.15) is 189 Å². The van der Waals surface area contributed by atoms with Crippen molar-refractivity contribution < 1.29 is 83.8 Å². The molecule has 1 fully saturated rings. The SMILES string of the molecule is CCOc1ccc2c(c1)C(C)=CC(C)(C)N2.CC[C@@H]1O[C@@H](O)[C@H](NC(C)=O)[C@@H](O)[C@@H]1O.CCc1nc2c(c(=O)n(C)c(=O)n2C)n1O.COc1c2c(cc3c1OCO3)CCN(C)C2.COc1ccc2cc(CCC(C)=O)ccc2c1.C[C@H]1CC[C@@H](C(C)(C)O)CC2=C1CC[C@@H]2C.Cc1ccc2c(Cl)cc(Cl)c(O)c2n1.O=C1c2c(O)cccc2Cc2cccc(O)c21. The number of allylic oxidation sites excluding steroid dienone is 3. The molecule has 1 saturated heterocycles. The third-order valence-electron chi connectivity index (χ3n) is 23.9. The Bertz CT molecular complexity index is 5800. The van der Waals surface area contributed by atoms with Crippen molar-refractivity contribution in [2.24, 2.45) is 31.8 Å². The molecule has 0 radical (unpaired) electrons. The lowest BCUT2D eigenvalue weighted by Gasteiger charge is -2.40. The van der Waals surface area contributed by atoms with Gasteiger partial charge < -0.3 is 89.7 Å². The molecule has 7 heterocycles. The van der Waals surface area contributed by atoms with Gasteiger partial charge in [-0.05, 0) is 243 Å². The van der Waals surface area contributed by atoms with Crippen LogP contribution >= 0.6 is 23.2 Å². The molecule has 10 N–H and O–H groups in total. The number of hydrogen-bond acceptors (Lipinski definition) is 23. The summed E-state index contributed by atoms with van der Waals surface area (Å²) in [5.41, 5.74) is 13.1. The molecular weight excluding hydrogens is 1660 g/mol. The molecule has 29 heteroatoms. The normalized spacial score (nSPS) is 19.7. The highest BCUT2D eigenvalue weighted by atomic mass is 35.5. The van der Waals surface area contributed by atoms with Gasteiger partial charge in [-0.3, -0.25) is 23.5 Å². The molecule has 0 spiro atoms. The summed E-state index contributed by atoms with van der Waals surface area (Å²) >= 11 is 11.7. The zero-order valence-corrected chi connectivity index (χ0v) is 77.3. The summed E-state index contributed by atoms with van der Waals surface area (Å²) in [6.07, 6.45) is 8.25. The minimum atomic E-state index is -1.29. The lowest BCUT2D eigenvalue weighted by Crippen LogP contribution is -2.63. The van der Waals surface area contributed by atoms with Gasteiger partial charge in [0.2, 0.25) is 24.2 Å². The van der Waals surface area contributed by atoms with Crippen LogP contribution in [0.3, 0.4) is 0 Å². The number of hydrogen-bond donors (Lipinski definition) is 10. The number of aliphatic hydroxyl groups excluding tert-OH is 3. The molecule has 10 aromatic rings. The standard InChI is InChI=1S/C15H16O2.C15H26O.C14H19NO.C14H10O3.C12H15NO3.C10H7Cl2NO.C9H12N4O3.C9H17NO5/c1-11(16)3-4-12-5-6-14-10-15(17-2)8-7-13(14)9-12;1-10-5-7-12(15(3,4)16)9-14-11(2)6-8-13(10)14;1-5-16-11-6-7-13-12(8-11)10(2)9-14(3,4)15-13;15-10-5-1-3-8-7-9-4-2-6-11(16)13(9)14(17)12(8)10;1-13-4-3-8-5-10-12(16-7-15-10)11(14-2)9(8)6-13;1-5-2-3-6-7(11)4-8(12)10(14)9(6)13-5;1-4-5-10-7-6(13(5)16)8(14)12(3)9(15)11(7)2;1-3-5-7(12)8(13)6(9(14)15-5)10-4(2)11/h5-10H,3-4H2,1-2H3;10-12,16H,5-9H2,1-4H3;6-9,15H,5H2,1-4H3;1-6,15-16H,7H2;5H,3-4,6-7H2,1-2H3;2-4,14H,1H3;16H,4H2,1-3H3;5-9,12-14H,3H2,1-2H3,(H,10,11)/t;10-,11-,12+;;;;;;5-,6+,7+,8+,9+/m.0.....0/s1. The number of Topliss-reactive ketones (excluding diaryl/α,β-unsaturated/α-hetero) is 1. The molecule has 682 valence electrons. The van der Waals surface area contributed by atoms with E-state index in [2.05, 4.69) is 110 Å². The number of phenols is 3. The summed E-state index contributed by atoms with van der Waals surface area (Å²) in [6, 6.07) is 34.8. The molecule has 4 aliphatic heterocycles. The van der Waals surface area contributed by atoms with Crippen LogP contribution in [0, 0.1) is 24.7 Å². The molecule has 7 aromatic carbocycles. The van der Waals surface area contributed by atoms with E-state index in [1.807, 2.05) is 76.2 Å². The van der Waals surface area contributed by atoms with Crippen LogP contribution in [0.5, 0.6) is 46.0 Å². The first kappa shape index (κ1) is 98.2. The van der Waals surface area contributed by atoms with Gasteiger partial charge in [-0.15, -0.1) is 0 Å². The highest BCUT2D eigenvalue weighted by Crippen LogP contribution is 2.49. The van der Waals surface area contributed by atoms with E-state index in [4.69, 9.17) is 51.6 Å². The number of ketones is 2. The van der Waals surface area contributed by atoms with E-state index in [1.54, 1.807) is 58.3 Å². The Hall–Kier alpha value is -11.0. The van der Waals surface area contributed by atoms with E-state index in [-0.39, 0.29) is 50.5 Å². The number of methoxy groups -OCH3 is 2. The Labute approximate surface area is 751 Å². The molecule has 27 nitrogen and oxygen atoms in total. The Morgan fingerprint density at radius 2 is 1.40 bits per heavy atom. The van der Waals surface area contributed by atoms with Crippen molar-refractivity contribution in [2.75, 3.05) is 46.5 Å². The second kappa shape index (κ2) is 42.7. The Kier molecular flexibility index (Phi) is 33.0. The number of likely N-dealkylation sites (N-methyl/N-ethyl adjacent to an activating group) is 1. The number of nitrogens with one attached hydrogen (secondary N) is 2. The average Bonchev–Trinajstić information content (AvgIpc) is 1.67. The summed E-state index contributed by atoms with van der Waals surface area (Å²) in [5.74, 6) is 6.03. The molecule has 127 heavy (non-hydrogen) atoms. The first-order valence-corrected chi connectivity index (χ1v) is 43.7. The largest absolute Gasteiger partial charge is 0.507 e. The highest BCUT2D eigenvalue weighted by Gasteiger charge is 2.44. The van der Waals surface area contributed by atoms with Crippen molar-refractivity contribution in [3.63, 3.8) is 0 Å². The Balaban J connectivity index is 0.000000151. The van der Waals surface area contributed by atoms with Crippen molar-refractivity contribution in [3.05, 3.63) is 219 Å². The van der Waals surface area contributed by atoms with Gasteiger partial charge in [0.15, 0.2) is 34.7 Å². The van der Waals surface area contributed by atoms with E-state index in [0.29, 0.717) is 77.9 Å². The van der Waals surface area contributed by atoms with Gasteiger partial charge >= 0.3 is 5.69 Å². The third kappa shape index (κ3) is 23.5. The average molecular weight is 1790 g/mol. The molecule has 17 rings (SSSR count). The van der Waals surface area contributed by atoms with Gasteiger partial charge in [-0.1, -0.05) is 117 Å². The molecule has 0 bridgehead atoms. The maximum atomic E-state index is 12.2. The topological polar surface area (TPSA) is 370 Å². The first-order chi connectivity index (χ1) is 60.1. The van der Waals surface area contributed by atoms with Crippen LogP contribution in [-0.4, -0.2) is 170 Å². The molecule has 3 aromatic heterocycles. The maximum Gasteiger partial charge on any atom is 0.332 e. The van der Waals surface area contributed by atoms with E-state index < -0.39 is 53.4 Å². The number of aromatic nitrogens is 5. The number of halogens is 2. The summed E-state index contributed by atoms with van der Waals surface area (Å²) in [7, 11) is 8.35. The van der Waals surface area contributed by atoms with Crippen LogP contribution in [-0.2, 0) is 60.6 Å². The van der Waals surface area contributed by atoms with Crippen molar-refractivity contribution in [3.8, 4) is 46.0 Å². The fourth-order valence-corrected chi connectivity index (χ4v) is 17.5. The van der Waals surface area contributed by atoms with E-state index >= 15 is 0 Å². The quantitative estimate of drug-likeness (QED) is 0.0425. The molecule has 7 aliphatic rings. The maximum absolute atomic E-state index is 12.2. The molecule has 3 aliphatic carbocycles.